The summed E-state index contributed by atoms with van der Waals surface area (Å²) in [5, 5.41) is 0. The van der Waals surface area contributed by atoms with E-state index < -0.39 is 5.41 Å². The monoisotopic (exact) mass is 656 g/mol. The Balaban J connectivity index is 1.23. The Bertz CT molecular complexity index is 1570. The number of benzene rings is 2. The van der Waals surface area contributed by atoms with Crippen LogP contribution in [0.3, 0.4) is 0 Å². The molecule has 3 atom stereocenters. The predicted octanol–water partition coefficient (Wildman–Crippen LogP) is 7.39. The van der Waals surface area contributed by atoms with Crippen molar-refractivity contribution in [2.45, 2.75) is 97.1 Å². The molecule has 2 saturated heterocycles. The lowest BCUT2D eigenvalue weighted by Crippen LogP contribution is -2.55. The Morgan fingerprint density at radius 3 is 2.50 bits per heavy atom. The average molecular weight is 657 g/mol. The maximum absolute atomic E-state index is 15.1. The number of likely N-dealkylation sites (tertiary alicyclic amines) is 1. The van der Waals surface area contributed by atoms with Gasteiger partial charge in [-0.15, -0.1) is 0 Å². The summed E-state index contributed by atoms with van der Waals surface area (Å²) in [6.45, 7) is 13.6. The number of anilines is 1. The Morgan fingerprint density at radius 1 is 1.00 bits per heavy atom. The molecule has 48 heavy (non-hydrogen) atoms. The van der Waals surface area contributed by atoms with Crippen molar-refractivity contribution in [1.29, 1.82) is 0 Å². The Labute approximate surface area is 285 Å². The lowest BCUT2D eigenvalue weighted by atomic mass is 9.58. The second-order valence-corrected chi connectivity index (χ2v) is 14.4. The minimum absolute atomic E-state index is 0.0909. The zero-order valence-corrected chi connectivity index (χ0v) is 29.3. The molecule has 6 rings (SSSR count). The average Bonchev–Trinajstić information content (AvgIpc) is 3.74. The van der Waals surface area contributed by atoms with Crippen LogP contribution in [0.5, 0.6) is 0 Å². The molecule has 1 aliphatic carbocycles. The summed E-state index contributed by atoms with van der Waals surface area (Å²) in [7, 11) is 0. The second kappa shape index (κ2) is 14.9. The van der Waals surface area contributed by atoms with Gasteiger partial charge >= 0.3 is 5.97 Å². The lowest BCUT2D eigenvalue weighted by molar-refractivity contribution is -0.152. The molecule has 0 radical (unpaired) electrons. The fourth-order valence-electron chi connectivity index (χ4n) is 9.07. The van der Waals surface area contributed by atoms with E-state index in [-0.39, 0.29) is 29.6 Å². The number of hydrogen-bond acceptors (Lipinski definition) is 6. The van der Waals surface area contributed by atoms with Gasteiger partial charge in [-0.25, -0.2) is 9.37 Å². The fraction of sp³-hybridized carbons (Fsp3) is 0.575. The molecular formula is C40H53FN4O3. The molecule has 3 aromatic rings. The third kappa shape index (κ3) is 6.96. The zero-order chi connectivity index (χ0) is 33.8. The van der Waals surface area contributed by atoms with Crippen molar-refractivity contribution in [2.75, 3.05) is 37.6 Å². The summed E-state index contributed by atoms with van der Waals surface area (Å²) in [6.07, 6.45) is 10.3. The highest BCUT2D eigenvalue weighted by molar-refractivity contribution is 6.01. The molecule has 3 aliphatic rings. The quantitative estimate of drug-likeness (QED) is 0.141. The first-order valence-corrected chi connectivity index (χ1v) is 18.3. The number of Topliss-reactive ketones (excluding diaryl/α,β-unsaturated/α-hetero) is 1. The van der Waals surface area contributed by atoms with Gasteiger partial charge in [-0.3, -0.25) is 9.59 Å². The third-order valence-electron chi connectivity index (χ3n) is 11.5. The number of aryl methyl sites for hydroxylation is 2. The van der Waals surface area contributed by atoms with Crippen molar-refractivity contribution in [3.05, 3.63) is 83.2 Å². The van der Waals surface area contributed by atoms with E-state index in [4.69, 9.17) is 4.74 Å². The standard InChI is InChI=1S/C40H53FN4O3/c1-5-36(46)33-22-28(4)14-15-35(33)45-25-29(26-45)24-43-19-16-30(17-20-43)40(31-10-8-11-32(41)23-31,27-44-21-18-42-38(44)6-2)34-12-9-13-37(34)48-39(47)7-3/h8,10-11,14-15,18,21-23,29-30,34,37H,5-7,9,12-13,16-17,19-20,24-27H2,1-4H3/t34-,37-,40-/m0/s1. The van der Waals surface area contributed by atoms with E-state index >= 15 is 4.39 Å². The zero-order valence-electron chi connectivity index (χ0n) is 29.3. The van der Waals surface area contributed by atoms with Crippen LogP contribution in [-0.2, 0) is 27.9 Å². The van der Waals surface area contributed by atoms with Crippen LogP contribution in [0, 0.1) is 30.5 Å². The molecule has 0 amide bonds. The van der Waals surface area contributed by atoms with Gasteiger partial charge in [0.25, 0.3) is 0 Å². The van der Waals surface area contributed by atoms with E-state index in [9.17, 15) is 9.59 Å². The van der Waals surface area contributed by atoms with Crippen molar-refractivity contribution in [1.82, 2.24) is 14.5 Å². The summed E-state index contributed by atoms with van der Waals surface area (Å²) in [6, 6.07) is 13.5. The normalized spacial score (nSPS) is 22.0. The lowest BCUT2D eigenvalue weighted by Gasteiger charge is -2.51. The summed E-state index contributed by atoms with van der Waals surface area (Å²) in [4.78, 5) is 35.0. The van der Waals surface area contributed by atoms with Crippen LogP contribution in [-0.4, -0.2) is 65.0 Å². The number of carbonyl (C=O) groups excluding carboxylic acids is 2. The number of ketones is 1. The maximum Gasteiger partial charge on any atom is 0.305 e. The van der Waals surface area contributed by atoms with Gasteiger partial charge in [-0.2, -0.15) is 0 Å². The molecule has 7 nitrogen and oxygen atoms in total. The van der Waals surface area contributed by atoms with Crippen molar-refractivity contribution in [2.24, 2.45) is 17.8 Å². The molecule has 3 fully saturated rings. The molecule has 3 heterocycles. The Kier molecular flexibility index (Phi) is 10.7. The Hall–Kier alpha value is -3.52. The number of esters is 1. The molecule has 258 valence electrons. The van der Waals surface area contributed by atoms with Crippen LogP contribution >= 0.6 is 0 Å². The molecule has 8 heteroatoms. The first-order valence-electron chi connectivity index (χ1n) is 18.3. The molecule has 2 aromatic carbocycles. The minimum atomic E-state index is -0.408. The number of ether oxygens (including phenoxy) is 1. The summed E-state index contributed by atoms with van der Waals surface area (Å²) >= 11 is 0. The van der Waals surface area contributed by atoms with E-state index in [2.05, 4.69) is 50.7 Å². The van der Waals surface area contributed by atoms with Crippen molar-refractivity contribution >= 4 is 17.4 Å². The van der Waals surface area contributed by atoms with Crippen LogP contribution in [0.1, 0.15) is 93.0 Å². The van der Waals surface area contributed by atoms with Crippen molar-refractivity contribution < 1.29 is 18.7 Å². The highest BCUT2D eigenvalue weighted by atomic mass is 19.1. The van der Waals surface area contributed by atoms with Gasteiger partial charge in [0, 0.05) is 86.3 Å². The molecule has 2 aliphatic heterocycles. The van der Waals surface area contributed by atoms with Gasteiger partial charge in [0.2, 0.25) is 0 Å². The fourth-order valence-corrected chi connectivity index (χ4v) is 9.07. The van der Waals surface area contributed by atoms with E-state index in [1.165, 1.54) is 6.07 Å². The maximum atomic E-state index is 15.1. The highest BCUT2D eigenvalue weighted by Crippen LogP contribution is 2.52. The molecule has 0 unspecified atom stereocenters. The first-order chi connectivity index (χ1) is 23.2. The van der Waals surface area contributed by atoms with Crippen LogP contribution < -0.4 is 4.90 Å². The molecule has 1 saturated carbocycles. The van der Waals surface area contributed by atoms with E-state index in [1.54, 1.807) is 6.07 Å². The molecule has 0 spiro atoms. The van der Waals surface area contributed by atoms with E-state index in [1.807, 2.05) is 39.1 Å². The van der Waals surface area contributed by atoms with Gasteiger partial charge in [0.05, 0.1) is 0 Å². The Morgan fingerprint density at radius 2 is 1.79 bits per heavy atom. The van der Waals surface area contributed by atoms with Crippen LogP contribution in [0.4, 0.5) is 10.1 Å². The molecule has 0 bridgehead atoms. The topological polar surface area (TPSA) is 67.7 Å². The SMILES string of the molecule is CCC(=O)O[C@H]1CCC[C@@H]1[C@](Cn1ccnc1CC)(c1cccc(F)c1)C1CCN(CC2CN(c3ccc(C)cc3C(=O)CC)C2)CC1. The number of piperidine rings is 1. The van der Waals surface area contributed by atoms with E-state index in [0.29, 0.717) is 31.2 Å². The van der Waals surface area contributed by atoms with Crippen molar-refractivity contribution in [3.63, 3.8) is 0 Å². The molecule has 1 aromatic heterocycles. The van der Waals surface area contributed by atoms with Crippen LogP contribution in [0.25, 0.3) is 0 Å². The van der Waals surface area contributed by atoms with Gasteiger partial charge < -0.3 is 19.1 Å². The number of nitrogens with zero attached hydrogens (tertiary/aromatic N) is 4. The third-order valence-corrected chi connectivity index (χ3v) is 11.5. The number of rotatable bonds is 13. The highest BCUT2D eigenvalue weighted by Gasteiger charge is 2.53. The number of aromatic nitrogens is 2. The van der Waals surface area contributed by atoms with E-state index in [0.717, 1.165) is 99.5 Å². The summed E-state index contributed by atoms with van der Waals surface area (Å²) in [5.74, 6) is 1.80. The second-order valence-electron chi connectivity index (χ2n) is 14.4. The molecular weight excluding hydrogens is 603 g/mol. The largest absolute Gasteiger partial charge is 0.462 e. The molecule has 0 N–H and O–H groups in total. The number of hydrogen-bond donors (Lipinski definition) is 0. The number of carbonyl (C=O) groups is 2. The van der Waals surface area contributed by atoms with Gasteiger partial charge in [-0.05, 0) is 87.9 Å². The summed E-state index contributed by atoms with van der Waals surface area (Å²) in [5.41, 5.74) is 3.66. The minimum Gasteiger partial charge on any atom is -0.462 e. The summed E-state index contributed by atoms with van der Waals surface area (Å²) < 4.78 is 23.6. The van der Waals surface area contributed by atoms with Gasteiger partial charge in [-0.1, -0.05) is 44.5 Å². The first kappa shape index (κ1) is 34.3. The van der Waals surface area contributed by atoms with Crippen molar-refractivity contribution in [3.8, 4) is 0 Å². The predicted molar refractivity (Wildman–Crippen MR) is 188 cm³/mol. The van der Waals surface area contributed by atoms with Gasteiger partial charge in [0.1, 0.15) is 17.7 Å². The van der Waals surface area contributed by atoms with Crippen LogP contribution in [0.2, 0.25) is 0 Å². The smallest absolute Gasteiger partial charge is 0.305 e. The number of halogens is 1. The van der Waals surface area contributed by atoms with Gasteiger partial charge in [0.15, 0.2) is 5.78 Å². The number of imidazole rings is 1. The van der Waals surface area contributed by atoms with Crippen LogP contribution in [0.15, 0.2) is 54.9 Å².